The van der Waals surface area contributed by atoms with Gasteiger partial charge in [0.15, 0.2) is 0 Å². The molecule has 1 aromatic carbocycles. The molecule has 20 heavy (non-hydrogen) atoms. The van der Waals surface area contributed by atoms with Gasteiger partial charge in [0.1, 0.15) is 0 Å². The van der Waals surface area contributed by atoms with Crippen molar-refractivity contribution in [1.82, 2.24) is 15.0 Å². The average Bonchev–Trinajstić information content (AvgIpc) is 2.48. The van der Waals surface area contributed by atoms with Crippen LogP contribution in [0.5, 0.6) is 12.0 Å². The van der Waals surface area contributed by atoms with Crippen molar-refractivity contribution in [2.45, 2.75) is 6.54 Å². The van der Waals surface area contributed by atoms with E-state index in [1.165, 1.54) is 14.2 Å². The van der Waals surface area contributed by atoms with Crippen LogP contribution < -0.4 is 20.1 Å². The zero-order valence-electron chi connectivity index (χ0n) is 11.7. The third-order valence-electron chi connectivity index (χ3n) is 2.75. The van der Waals surface area contributed by atoms with Crippen LogP contribution in [0, 0.1) is 0 Å². The zero-order chi connectivity index (χ0) is 14.5. The van der Waals surface area contributed by atoms with E-state index < -0.39 is 0 Å². The summed E-state index contributed by atoms with van der Waals surface area (Å²) in [5.41, 5.74) is 7.65. The van der Waals surface area contributed by atoms with E-state index in [-0.39, 0.29) is 12.0 Å². The predicted octanol–water partition coefficient (Wildman–Crippen LogP) is 1.11. The first-order valence-electron chi connectivity index (χ1n) is 6.02. The Bertz CT molecular complexity index is 568. The summed E-state index contributed by atoms with van der Waals surface area (Å²) >= 11 is 0. The summed E-state index contributed by atoms with van der Waals surface area (Å²) < 4.78 is 10.1. The molecule has 0 unspecified atom stereocenters. The second-order valence-corrected chi connectivity index (χ2v) is 4.16. The molecule has 2 aromatic rings. The van der Waals surface area contributed by atoms with Gasteiger partial charge in [-0.3, -0.25) is 0 Å². The zero-order valence-corrected chi connectivity index (χ0v) is 11.7. The van der Waals surface area contributed by atoms with Gasteiger partial charge in [0, 0.05) is 19.3 Å². The number of methoxy groups -OCH3 is 2. The SMILES string of the molecule is COc1nc(OC)nc(N(C)Cc2ccccc2N)n1. The van der Waals surface area contributed by atoms with Crippen molar-refractivity contribution >= 4 is 11.6 Å². The molecule has 0 aliphatic carbocycles. The molecule has 0 saturated carbocycles. The van der Waals surface area contributed by atoms with Crippen molar-refractivity contribution in [2.24, 2.45) is 0 Å². The molecule has 0 spiro atoms. The van der Waals surface area contributed by atoms with Crippen LogP contribution in [0.1, 0.15) is 5.56 Å². The molecular weight excluding hydrogens is 258 g/mol. The molecule has 0 aliphatic rings. The van der Waals surface area contributed by atoms with E-state index in [0.717, 1.165) is 11.3 Å². The van der Waals surface area contributed by atoms with Gasteiger partial charge in [0.25, 0.3) is 0 Å². The molecule has 0 saturated heterocycles. The Morgan fingerprint density at radius 2 is 1.65 bits per heavy atom. The molecule has 0 bridgehead atoms. The van der Waals surface area contributed by atoms with Gasteiger partial charge < -0.3 is 20.1 Å². The predicted molar refractivity (Wildman–Crippen MR) is 75.9 cm³/mol. The van der Waals surface area contributed by atoms with Crippen LogP contribution in [-0.2, 0) is 6.54 Å². The lowest BCUT2D eigenvalue weighted by Crippen LogP contribution is -2.20. The van der Waals surface area contributed by atoms with Crippen LogP contribution in [0.25, 0.3) is 0 Å². The van der Waals surface area contributed by atoms with Gasteiger partial charge in [-0.15, -0.1) is 4.98 Å². The van der Waals surface area contributed by atoms with Gasteiger partial charge in [-0.05, 0) is 11.6 Å². The van der Waals surface area contributed by atoms with Crippen LogP contribution in [0.2, 0.25) is 0 Å². The molecule has 1 heterocycles. The van der Waals surface area contributed by atoms with Crippen LogP contribution in [0.3, 0.4) is 0 Å². The average molecular weight is 275 g/mol. The summed E-state index contributed by atoms with van der Waals surface area (Å²) in [5, 5.41) is 0. The highest BCUT2D eigenvalue weighted by Crippen LogP contribution is 2.19. The van der Waals surface area contributed by atoms with Crippen molar-refractivity contribution < 1.29 is 9.47 Å². The van der Waals surface area contributed by atoms with E-state index in [1.807, 2.05) is 36.2 Å². The van der Waals surface area contributed by atoms with E-state index in [4.69, 9.17) is 15.2 Å². The number of para-hydroxylation sites is 1. The second kappa shape index (κ2) is 6.05. The minimum Gasteiger partial charge on any atom is -0.467 e. The summed E-state index contributed by atoms with van der Waals surface area (Å²) in [6, 6.07) is 8.07. The van der Waals surface area contributed by atoms with Gasteiger partial charge in [0.05, 0.1) is 14.2 Å². The smallest absolute Gasteiger partial charge is 0.324 e. The van der Waals surface area contributed by atoms with Gasteiger partial charge in [-0.25, -0.2) is 0 Å². The molecule has 1 aromatic heterocycles. The summed E-state index contributed by atoms with van der Waals surface area (Å²) in [5.74, 6) is 0.456. The summed E-state index contributed by atoms with van der Waals surface area (Å²) in [6.07, 6.45) is 0. The van der Waals surface area contributed by atoms with E-state index in [0.29, 0.717) is 12.5 Å². The lowest BCUT2D eigenvalue weighted by molar-refractivity contribution is 0.340. The Labute approximate surface area is 117 Å². The lowest BCUT2D eigenvalue weighted by Gasteiger charge is -2.18. The number of aromatic nitrogens is 3. The Morgan fingerprint density at radius 1 is 1.05 bits per heavy atom. The highest BCUT2D eigenvalue weighted by atomic mass is 16.5. The lowest BCUT2D eigenvalue weighted by atomic mass is 10.2. The number of benzene rings is 1. The summed E-state index contributed by atoms with van der Waals surface area (Å²) in [7, 11) is 4.85. The highest BCUT2D eigenvalue weighted by Gasteiger charge is 2.12. The van der Waals surface area contributed by atoms with Crippen molar-refractivity contribution in [3.63, 3.8) is 0 Å². The fraction of sp³-hybridized carbons (Fsp3) is 0.308. The summed E-state index contributed by atoms with van der Waals surface area (Å²) in [6.45, 7) is 0.572. The molecule has 7 heteroatoms. The maximum absolute atomic E-state index is 5.93. The molecule has 0 atom stereocenters. The highest BCUT2D eigenvalue weighted by molar-refractivity contribution is 5.48. The molecule has 0 amide bonds. The number of ether oxygens (including phenoxy) is 2. The summed E-state index contributed by atoms with van der Waals surface area (Å²) in [4.78, 5) is 14.2. The van der Waals surface area contributed by atoms with E-state index in [2.05, 4.69) is 15.0 Å². The molecule has 0 fully saturated rings. The molecule has 2 N–H and O–H groups in total. The first kappa shape index (κ1) is 13.9. The number of hydrogen-bond donors (Lipinski definition) is 1. The number of rotatable bonds is 5. The Balaban J connectivity index is 2.24. The Kier molecular flexibility index (Phi) is 4.19. The van der Waals surface area contributed by atoms with Crippen molar-refractivity contribution in [1.29, 1.82) is 0 Å². The number of anilines is 2. The molecule has 7 nitrogen and oxygen atoms in total. The largest absolute Gasteiger partial charge is 0.467 e. The monoisotopic (exact) mass is 275 g/mol. The van der Waals surface area contributed by atoms with Crippen molar-refractivity contribution in [3.8, 4) is 12.0 Å². The quantitative estimate of drug-likeness (QED) is 0.818. The third kappa shape index (κ3) is 3.05. The minimum atomic E-state index is 0.208. The van der Waals surface area contributed by atoms with Gasteiger partial charge in [0.2, 0.25) is 5.95 Å². The van der Waals surface area contributed by atoms with E-state index >= 15 is 0 Å². The van der Waals surface area contributed by atoms with Gasteiger partial charge >= 0.3 is 12.0 Å². The van der Waals surface area contributed by atoms with E-state index in [9.17, 15) is 0 Å². The van der Waals surface area contributed by atoms with Crippen LogP contribution >= 0.6 is 0 Å². The van der Waals surface area contributed by atoms with Gasteiger partial charge in [-0.1, -0.05) is 18.2 Å². The molecular formula is C13H17N5O2. The number of nitrogen functional groups attached to an aromatic ring is 1. The Morgan fingerprint density at radius 3 is 2.20 bits per heavy atom. The van der Waals surface area contributed by atoms with Gasteiger partial charge in [-0.2, -0.15) is 9.97 Å². The Hall–Kier alpha value is -2.57. The maximum Gasteiger partial charge on any atom is 0.324 e. The van der Waals surface area contributed by atoms with Crippen LogP contribution in [0.4, 0.5) is 11.6 Å². The maximum atomic E-state index is 5.93. The normalized spacial score (nSPS) is 10.2. The molecule has 106 valence electrons. The first-order valence-corrected chi connectivity index (χ1v) is 6.02. The topological polar surface area (TPSA) is 86.4 Å². The minimum absolute atomic E-state index is 0.208. The standard InChI is InChI=1S/C13H17N5O2/c1-18(8-9-6-4-5-7-10(9)14)11-15-12(19-2)17-13(16-11)20-3/h4-7H,8,14H2,1-3H3. The van der Waals surface area contributed by atoms with Crippen LogP contribution in [0.15, 0.2) is 24.3 Å². The van der Waals surface area contributed by atoms with E-state index in [1.54, 1.807) is 0 Å². The first-order chi connectivity index (χ1) is 9.63. The van der Waals surface area contributed by atoms with Crippen LogP contribution in [-0.4, -0.2) is 36.2 Å². The van der Waals surface area contributed by atoms with Crippen molar-refractivity contribution in [2.75, 3.05) is 31.9 Å². The number of hydrogen-bond acceptors (Lipinski definition) is 7. The number of nitrogens with zero attached hydrogens (tertiary/aromatic N) is 4. The molecule has 2 rings (SSSR count). The number of nitrogens with two attached hydrogens (primary N) is 1. The molecule has 0 radical (unpaired) electrons. The second-order valence-electron chi connectivity index (χ2n) is 4.16. The fourth-order valence-corrected chi connectivity index (χ4v) is 1.69. The fourth-order valence-electron chi connectivity index (χ4n) is 1.69. The third-order valence-corrected chi connectivity index (χ3v) is 2.75. The van der Waals surface area contributed by atoms with Crippen molar-refractivity contribution in [3.05, 3.63) is 29.8 Å². The molecule has 0 aliphatic heterocycles.